The van der Waals surface area contributed by atoms with Gasteiger partial charge in [-0.3, -0.25) is 4.99 Å². The predicted molar refractivity (Wildman–Crippen MR) is 105 cm³/mol. The highest BCUT2D eigenvalue weighted by molar-refractivity contribution is 5.79. The fourth-order valence-corrected chi connectivity index (χ4v) is 3.22. The van der Waals surface area contributed by atoms with Gasteiger partial charge in [0, 0.05) is 13.6 Å². The number of hydrogen-bond acceptors (Lipinski definition) is 3. The highest BCUT2D eigenvalue weighted by atomic mass is 19.1. The zero-order valence-electron chi connectivity index (χ0n) is 16.3. The number of nitrogens with zero attached hydrogens (tertiary/aromatic N) is 2. The first-order valence-corrected chi connectivity index (χ1v) is 9.69. The largest absolute Gasteiger partial charge is 0.489 e. The molecule has 0 spiro atoms. The lowest BCUT2D eigenvalue weighted by atomic mass is 9.97. The number of likely N-dealkylation sites (tertiary alicyclic amines) is 1. The molecule has 1 aromatic carbocycles. The van der Waals surface area contributed by atoms with Crippen LogP contribution < -0.4 is 15.4 Å². The van der Waals surface area contributed by atoms with Crippen LogP contribution in [-0.2, 0) is 0 Å². The van der Waals surface area contributed by atoms with E-state index >= 15 is 0 Å². The highest BCUT2D eigenvalue weighted by Crippen LogP contribution is 2.16. The van der Waals surface area contributed by atoms with Crippen molar-refractivity contribution < 1.29 is 9.13 Å². The van der Waals surface area contributed by atoms with Gasteiger partial charge >= 0.3 is 0 Å². The van der Waals surface area contributed by atoms with Crippen molar-refractivity contribution in [3.05, 3.63) is 30.1 Å². The summed E-state index contributed by atoms with van der Waals surface area (Å²) in [7, 11) is 1.78. The Kier molecular flexibility index (Phi) is 8.68. The minimum absolute atomic E-state index is 0.0451. The molecule has 0 radical (unpaired) electrons. The zero-order valence-corrected chi connectivity index (χ0v) is 16.3. The summed E-state index contributed by atoms with van der Waals surface area (Å²) in [5.74, 6) is 1.92. The molecule has 1 aliphatic rings. The molecule has 0 saturated carbocycles. The van der Waals surface area contributed by atoms with Crippen LogP contribution >= 0.6 is 0 Å². The van der Waals surface area contributed by atoms with Crippen molar-refractivity contribution in [2.45, 2.75) is 39.2 Å². The van der Waals surface area contributed by atoms with Gasteiger partial charge in [0.1, 0.15) is 17.7 Å². The number of nitrogens with one attached hydrogen (secondary N) is 2. The Balaban J connectivity index is 1.65. The number of aliphatic imine (C=N–C) groups is 1. The molecular formula is C20H33FN4O. The first-order valence-electron chi connectivity index (χ1n) is 9.69. The van der Waals surface area contributed by atoms with E-state index in [0.29, 0.717) is 18.2 Å². The molecule has 6 heteroatoms. The lowest BCUT2D eigenvalue weighted by Gasteiger charge is -2.32. The number of piperidine rings is 1. The molecular weight excluding hydrogens is 331 g/mol. The predicted octanol–water partition coefficient (Wildman–Crippen LogP) is 2.88. The van der Waals surface area contributed by atoms with Crippen LogP contribution in [0.25, 0.3) is 0 Å². The molecule has 1 heterocycles. The van der Waals surface area contributed by atoms with Gasteiger partial charge in [0.15, 0.2) is 5.96 Å². The third-order valence-electron chi connectivity index (χ3n) is 4.74. The van der Waals surface area contributed by atoms with E-state index in [9.17, 15) is 4.39 Å². The minimum Gasteiger partial charge on any atom is -0.489 e. The van der Waals surface area contributed by atoms with Gasteiger partial charge in [-0.25, -0.2) is 4.39 Å². The third kappa shape index (κ3) is 7.20. The second-order valence-electron chi connectivity index (χ2n) is 7.00. The number of hydrogen-bond donors (Lipinski definition) is 2. The molecule has 0 aliphatic carbocycles. The molecule has 146 valence electrons. The Morgan fingerprint density at radius 1 is 1.27 bits per heavy atom. The Morgan fingerprint density at radius 2 is 1.96 bits per heavy atom. The highest BCUT2D eigenvalue weighted by Gasteiger charge is 2.18. The van der Waals surface area contributed by atoms with Crippen molar-refractivity contribution in [3.63, 3.8) is 0 Å². The number of ether oxygens (including phenoxy) is 1. The SMILES string of the molecule is CCCN1CCC(CNC(=NC)NCC(C)Oc2ccc(F)cc2)CC1. The number of rotatable bonds is 8. The van der Waals surface area contributed by atoms with Gasteiger partial charge in [-0.05, 0) is 76.0 Å². The maximum Gasteiger partial charge on any atom is 0.191 e. The standard InChI is InChI=1S/C20H33FN4O/c1-4-11-25-12-9-17(10-13-25)15-24-20(22-3)23-14-16(2)26-19-7-5-18(21)6-8-19/h5-8,16-17H,4,9-15H2,1-3H3,(H2,22,23,24). The molecule has 2 rings (SSSR count). The van der Waals surface area contributed by atoms with E-state index in [1.54, 1.807) is 19.2 Å². The summed E-state index contributed by atoms with van der Waals surface area (Å²) in [4.78, 5) is 6.84. The minimum atomic E-state index is -0.256. The number of benzene rings is 1. The summed E-state index contributed by atoms with van der Waals surface area (Å²) in [6.07, 6.45) is 3.68. The molecule has 0 aromatic heterocycles. The summed E-state index contributed by atoms with van der Waals surface area (Å²) < 4.78 is 18.7. The monoisotopic (exact) mass is 364 g/mol. The molecule has 5 nitrogen and oxygen atoms in total. The smallest absolute Gasteiger partial charge is 0.191 e. The van der Waals surface area contributed by atoms with Crippen molar-refractivity contribution in [1.29, 1.82) is 0 Å². The van der Waals surface area contributed by atoms with Gasteiger partial charge in [0.05, 0.1) is 6.54 Å². The second-order valence-corrected chi connectivity index (χ2v) is 7.00. The first kappa shape index (κ1) is 20.5. The van der Waals surface area contributed by atoms with Crippen LogP contribution in [0, 0.1) is 11.7 Å². The number of guanidine groups is 1. The summed E-state index contributed by atoms with van der Waals surface area (Å²) in [6, 6.07) is 6.09. The van der Waals surface area contributed by atoms with Crippen LogP contribution in [0.5, 0.6) is 5.75 Å². The molecule has 0 bridgehead atoms. The topological polar surface area (TPSA) is 48.9 Å². The van der Waals surface area contributed by atoms with Crippen LogP contribution in [0.15, 0.2) is 29.3 Å². The molecule has 1 unspecified atom stereocenters. The Morgan fingerprint density at radius 3 is 2.58 bits per heavy atom. The normalized spacial score (nSPS) is 17.8. The second kappa shape index (κ2) is 11.0. The quantitative estimate of drug-likeness (QED) is 0.550. The fourth-order valence-electron chi connectivity index (χ4n) is 3.22. The molecule has 1 fully saturated rings. The summed E-state index contributed by atoms with van der Waals surface area (Å²) >= 11 is 0. The van der Waals surface area contributed by atoms with E-state index in [2.05, 4.69) is 27.4 Å². The molecule has 2 N–H and O–H groups in total. The van der Waals surface area contributed by atoms with Gasteiger partial charge in [-0.2, -0.15) is 0 Å². The van der Waals surface area contributed by atoms with Gasteiger partial charge in [-0.15, -0.1) is 0 Å². The van der Waals surface area contributed by atoms with Gasteiger partial charge < -0.3 is 20.3 Å². The third-order valence-corrected chi connectivity index (χ3v) is 4.74. The molecule has 1 aromatic rings. The Labute approximate surface area is 157 Å². The summed E-state index contributed by atoms with van der Waals surface area (Å²) in [6.45, 7) is 9.43. The van der Waals surface area contributed by atoms with Gasteiger partial charge in [0.2, 0.25) is 0 Å². The molecule has 1 atom stereocenters. The van der Waals surface area contributed by atoms with E-state index in [-0.39, 0.29) is 11.9 Å². The van der Waals surface area contributed by atoms with Crippen LogP contribution in [0.3, 0.4) is 0 Å². The van der Waals surface area contributed by atoms with Crippen molar-refractivity contribution in [3.8, 4) is 5.75 Å². The van der Waals surface area contributed by atoms with E-state index in [1.807, 2.05) is 6.92 Å². The summed E-state index contributed by atoms with van der Waals surface area (Å²) in [5, 5.41) is 6.73. The van der Waals surface area contributed by atoms with Crippen molar-refractivity contribution in [2.24, 2.45) is 10.9 Å². The maximum absolute atomic E-state index is 12.9. The number of halogens is 1. The van der Waals surface area contributed by atoms with Gasteiger partial charge in [-0.1, -0.05) is 6.92 Å². The lowest BCUT2D eigenvalue weighted by molar-refractivity contribution is 0.185. The fraction of sp³-hybridized carbons (Fsp3) is 0.650. The van der Waals surface area contributed by atoms with Crippen LogP contribution in [0.2, 0.25) is 0 Å². The van der Waals surface area contributed by atoms with Crippen LogP contribution in [0.1, 0.15) is 33.1 Å². The van der Waals surface area contributed by atoms with E-state index < -0.39 is 0 Å². The zero-order chi connectivity index (χ0) is 18.8. The Hall–Kier alpha value is -1.82. The summed E-state index contributed by atoms with van der Waals surface area (Å²) in [5.41, 5.74) is 0. The molecule has 1 aliphatic heterocycles. The van der Waals surface area contributed by atoms with Crippen molar-refractivity contribution in [1.82, 2.24) is 15.5 Å². The van der Waals surface area contributed by atoms with Crippen molar-refractivity contribution >= 4 is 5.96 Å². The van der Waals surface area contributed by atoms with Crippen molar-refractivity contribution in [2.75, 3.05) is 39.8 Å². The van der Waals surface area contributed by atoms with E-state index in [4.69, 9.17) is 4.74 Å². The maximum atomic E-state index is 12.9. The molecule has 1 saturated heterocycles. The van der Waals surface area contributed by atoms with Crippen LogP contribution in [0.4, 0.5) is 4.39 Å². The Bertz CT molecular complexity index is 541. The average Bonchev–Trinajstić information content (AvgIpc) is 2.65. The molecule has 0 amide bonds. The van der Waals surface area contributed by atoms with Gasteiger partial charge in [0.25, 0.3) is 0 Å². The van der Waals surface area contributed by atoms with E-state index in [0.717, 1.165) is 12.5 Å². The van der Waals surface area contributed by atoms with E-state index in [1.165, 1.54) is 51.0 Å². The van der Waals surface area contributed by atoms with Crippen LogP contribution in [-0.4, -0.2) is 56.7 Å². The first-order chi connectivity index (χ1) is 12.6. The lowest BCUT2D eigenvalue weighted by Crippen LogP contribution is -2.45. The molecule has 26 heavy (non-hydrogen) atoms. The average molecular weight is 365 g/mol.